The van der Waals surface area contributed by atoms with Crippen molar-refractivity contribution in [2.45, 2.75) is 29.7 Å². The predicted molar refractivity (Wildman–Crippen MR) is 123 cm³/mol. The molecular formula is C23H31N5O2S. The molecule has 1 atom stereocenters. The molecule has 2 aliphatic rings. The van der Waals surface area contributed by atoms with E-state index in [-0.39, 0.29) is 11.8 Å². The van der Waals surface area contributed by atoms with E-state index in [4.69, 9.17) is 4.74 Å². The fraction of sp³-hybridized carbons (Fsp3) is 0.522. The lowest BCUT2D eigenvalue weighted by Crippen LogP contribution is -2.46. The molecule has 2 saturated heterocycles. The summed E-state index contributed by atoms with van der Waals surface area (Å²) in [4.78, 5) is 27.7. The first-order valence-electron chi connectivity index (χ1n) is 11.1. The summed E-state index contributed by atoms with van der Waals surface area (Å²) < 4.78 is 5.38. The summed E-state index contributed by atoms with van der Waals surface area (Å²) in [5.74, 6) is 1.01. The average molecular weight is 442 g/mol. The van der Waals surface area contributed by atoms with Gasteiger partial charge in [-0.1, -0.05) is 29.5 Å². The first kappa shape index (κ1) is 22.0. The lowest BCUT2D eigenvalue weighted by Gasteiger charge is -2.33. The Hall–Kier alpha value is -2.16. The van der Waals surface area contributed by atoms with Crippen molar-refractivity contribution < 1.29 is 9.53 Å². The van der Waals surface area contributed by atoms with Gasteiger partial charge in [0.1, 0.15) is 5.03 Å². The number of hydrogen-bond acceptors (Lipinski definition) is 7. The number of aryl methyl sites for hydroxylation is 1. The van der Waals surface area contributed by atoms with E-state index >= 15 is 0 Å². The van der Waals surface area contributed by atoms with Gasteiger partial charge >= 0.3 is 0 Å². The number of piperidine rings is 1. The molecule has 0 aliphatic carbocycles. The van der Waals surface area contributed by atoms with Gasteiger partial charge < -0.3 is 15.0 Å². The molecule has 1 N–H and O–H groups in total. The fourth-order valence-corrected chi connectivity index (χ4v) is 5.09. The minimum Gasteiger partial charge on any atom is -0.379 e. The molecule has 2 aliphatic heterocycles. The van der Waals surface area contributed by atoms with Crippen molar-refractivity contribution >= 4 is 23.5 Å². The Morgan fingerprint density at radius 1 is 1.23 bits per heavy atom. The summed E-state index contributed by atoms with van der Waals surface area (Å²) in [5, 5.41) is 4.03. The van der Waals surface area contributed by atoms with Crippen molar-refractivity contribution in [3.05, 3.63) is 42.2 Å². The predicted octanol–water partition coefficient (Wildman–Crippen LogP) is 2.60. The summed E-state index contributed by atoms with van der Waals surface area (Å²) in [7, 11) is 0. The Balaban J connectivity index is 1.35. The van der Waals surface area contributed by atoms with E-state index in [0.29, 0.717) is 13.1 Å². The fourth-order valence-electron chi connectivity index (χ4n) is 4.09. The zero-order valence-electron chi connectivity index (χ0n) is 18.1. The number of carbonyl (C=O) groups excluding carboxylic acids is 1. The quantitative estimate of drug-likeness (QED) is 0.708. The van der Waals surface area contributed by atoms with E-state index in [1.807, 2.05) is 0 Å². The number of nitrogens with one attached hydrogen (secondary N) is 1. The number of anilines is 1. The highest BCUT2D eigenvalue weighted by Gasteiger charge is 2.28. The van der Waals surface area contributed by atoms with Crippen LogP contribution in [0.5, 0.6) is 0 Å². The number of morpholine rings is 1. The SMILES string of the molecule is Cc1cccc(Sc2nccnc2N2CCC[C@@H](C(=O)NCCN3CCOCC3)C2)c1. The van der Waals surface area contributed by atoms with Gasteiger partial charge in [0.15, 0.2) is 5.82 Å². The molecule has 3 heterocycles. The number of ether oxygens (including phenoxy) is 1. The molecule has 0 unspecified atom stereocenters. The second-order valence-electron chi connectivity index (χ2n) is 8.13. The molecule has 2 aromatic rings. The lowest BCUT2D eigenvalue weighted by molar-refractivity contribution is -0.125. The van der Waals surface area contributed by atoms with Gasteiger partial charge in [0.25, 0.3) is 0 Å². The van der Waals surface area contributed by atoms with Crippen LogP contribution in [0.3, 0.4) is 0 Å². The summed E-state index contributed by atoms with van der Waals surface area (Å²) in [6.07, 6.45) is 5.37. The highest BCUT2D eigenvalue weighted by Crippen LogP contribution is 2.34. The number of nitrogens with zero attached hydrogens (tertiary/aromatic N) is 4. The van der Waals surface area contributed by atoms with E-state index in [2.05, 4.69) is 56.3 Å². The van der Waals surface area contributed by atoms with Crippen molar-refractivity contribution in [1.29, 1.82) is 0 Å². The van der Waals surface area contributed by atoms with Gasteiger partial charge in [-0.3, -0.25) is 9.69 Å². The van der Waals surface area contributed by atoms with Crippen LogP contribution in [0.4, 0.5) is 5.82 Å². The number of aromatic nitrogens is 2. The number of rotatable bonds is 7. The molecule has 1 amide bonds. The number of carbonyl (C=O) groups is 1. The highest BCUT2D eigenvalue weighted by atomic mass is 32.2. The van der Waals surface area contributed by atoms with Gasteiger partial charge in [-0.25, -0.2) is 9.97 Å². The highest BCUT2D eigenvalue weighted by molar-refractivity contribution is 7.99. The second kappa shape index (κ2) is 10.9. The summed E-state index contributed by atoms with van der Waals surface area (Å²) in [5.41, 5.74) is 1.22. The zero-order chi connectivity index (χ0) is 21.5. The third kappa shape index (κ3) is 6.18. The summed E-state index contributed by atoms with van der Waals surface area (Å²) in [6, 6.07) is 8.40. The van der Waals surface area contributed by atoms with Crippen LogP contribution in [0.2, 0.25) is 0 Å². The van der Waals surface area contributed by atoms with Gasteiger partial charge in [0.05, 0.1) is 19.1 Å². The smallest absolute Gasteiger partial charge is 0.224 e. The number of benzene rings is 1. The third-order valence-corrected chi connectivity index (χ3v) is 6.74. The summed E-state index contributed by atoms with van der Waals surface area (Å²) >= 11 is 1.63. The normalized spacial score (nSPS) is 19.9. The molecule has 0 saturated carbocycles. The molecule has 2 fully saturated rings. The first-order chi connectivity index (χ1) is 15.2. The molecule has 7 nitrogen and oxygen atoms in total. The van der Waals surface area contributed by atoms with Crippen molar-refractivity contribution in [2.75, 3.05) is 57.4 Å². The van der Waals surface area contributed by atoms with Crippen LogP contribution in [-0.2, 0) is 9.53 Å². The first-order valence-corrected chi connectivity index (χ1v) is 11.9. The van der Waals surface area contributed by atoms with E-state index in [9.17, 15) is 4.79 Å². The second-order valence-corrected chi connectivity index (χ2v) is 9.20. The van der Waals surface area contributed by atoms with E-state index in [1.54, 1.807) is 24.2 Å². The average Bonchev–Trinajstić information content (AvgIpc) is 2.80. The molecule has 166 valence electrons. The number of hydrogen-bond donors (Lipinski definition) is 1. The summed E-state index contributed by atoms with van der Waals surface area (Å²) in [6.45, 7) is 8.71. The third-order valence-electron chi connectivity index (χ3n) is 5.77. The molecule has 31 heavy (non-hydrogen) atoms. The molecule has 0 bridgehead atoms. The Morgan fingerprint density at radius 3 is 2.90 bits per heavy atom. The van der Waals surface area contributed by atoms with Crippen molar-refractivity contribution in [1.82, 2.24) is 20.2 Å². The van der Waals surface area contributed by atoms with Crippen LogP contribution in [0.1, 0.15) is 18.4 Å². The minimum absolute atomic E-state index is 0.0164. The molecule has 0 spiro atoms. The Bertz CT molecular complexity index is 875. The van der Waals surface area contributed by atoms with Gasteiger partial charge in [-0.2, -0.15) is 0 Å². The maximum absolute atomic E-state index is 12.8. The van der Waals surface area contributed by atoms with Crippen LogP contribution < -0.4 is 10.2 Å². The molecule has 0 radical (unpaired) electrons. The van der Waals surface area contributed by atoms with Crippen LogP contribution in [0.25, 0.3) is 0 Å². The standard InChI is InChI=1S/C23H31N5O2S/c1-18-4-2-6-20(16-18)31-23-21(24-7-8-26-23)28-10-3-5-19(17-28)22(29)25-9-11-27-12-14-30-15-13-27/h2,4,6-8,16,19H,3,5,9-15,17H2,1H3,(H,25,29)/t19-/m1/s1. The Kier molecular flexibility index (Phi) is 7.77. The Labute approximate surface area is 188 Å². The van der Waals surface area contributed by atoms with Crippen molar-refractivity contribution in [3.8, 4) is 0 Å². The minimum atomic E-state index is -0.0164. The maximum Gasteiger partial charge on any atom is 0.224 e. The van der Waals surface area contributed by atoms with E-state index in [0.717, 1.165) is 68.0 Å². The molecule has 4 rings (SSSR count). The zero-order valence-corrected chi connectivity index (χ0v) is 18.9. The molecular weight excluding hydrogens is 410 g/mol. The molecule has 1 aromatic heterocycles. The van der Waals surface area contributed by atoms with Crippen LogP contribution in [0.15, 0.2) is 46.6 Å². The monoisotopic (exact) mass is 441 g/mol. The van der Waals surface area contributed by atoms with Crippen molar-refractivity contribution in [3.63, 3.8) is 0 Å². The molecule has 8 heteroatoms. The van der Waals surface area contributed by atoms with Gasteiger partial charge in [0.2, 0.25) is 5.91 Å². The van der Waals surface area contributed by atoms with Crippen LogP contribution >= 0.6 is 11.8 Å². The van der Waals surface area contributed by atoms with Crippen LogP contribution in [-0.4, -0.2) is 73.3 Å². The largest absolute Gasteiger partial charge is 0.379 e. The van der Waals surface area contributed by atoms with Crippen LogP contribution in [0, 0.1) is 12.8 Å². The van der Waals surface area contributed by atoms with E-state index < -0.39 is 0 Å². The van der Waals surface area contributed by atoms with Crippen molar-refractivity contribution in [2.24, 2.45) is 5.92 Å². The Morgan fingerprint density at radius 2 is 2.06 bits per heavy atom. The number of amides is 1. The topological polar surface area (TPSA) is 70.6 Å². The lowest BCUT2D eigenvalue weighted by atomic mass is 9.97. The van der Waals surface area contributed by atoms with Gasteiger partial charge in [-0.05, 0) is 31.9 Å². The molecule has 1 aromatic carbocycles. The van der Waals surface area contributed by atoms with E-state index in [1.165, 1.54) is 5.56 Å². The maximum atomic E-state index is 12.8. The van der Waals surface area contributed by atoms with Gasteiger partial charge in [-0.15, -0.1) is 0 Å². The van der Waals surface area contributed by atoms with Gasteiger partial charge in [0, 0.05) is 56.6 Å².